The van der Waals surface area contributed by atoms with Gasteiger partial charge < -0.3 is 10.3 Å². The van der Waals surface area contributed by atoms with E-state index in [2.05, 4.69) is 35.1 Å². The first-order chi connectivity index (χ1) is 5.92. The number of thiol groups is 1. The minimum Gasteiger partial charge on any atom is -0.375 e. The van der Waals surface area contributed by atoms with Gasteiger partial charge >= 0.3 is 0 Å². The Balaban J connectivity index is 2.55. The molecule has 3 heteroatoms. The average Bonchev–Trinajstić information content (AvgIpc) is 2.50. The van der Waals surface area contributed by atoms with E-state index in [1.54, 1.807) is 0 Å². The van der Waals surface area contributed by atoms with E-state index in [1.807, 2.05) is 18.3 Å². The number of H-pyrrole nitrogens is 1. The molecule has 2 nitrogen and oxygen atoms in total. The molecule has 0 radical (unpaired) electrons. The molecule has 62 valence electrons. The maximum Gasteiger partial charge on any atom is 0.0604 e. The van der Waals surface area contributed by atoms with E-state index < -0.39 is 0 Å². The molecule has 0 amide bonds. The molecule has 1 aromatic carbocycles. The fraction of sp³-hybridized carbons (Fsp3) is 0.111. The molecule has 2 aromatic rings. The third-order valence-corrected chi connectivity index (χ3v) is 2.02. The van der Waals surface area contributed by atoms with Crippen LogP contribution in [0.4, 0.5) is 5.69 Å². The van der Waals surface area contributed by atoms with Gasteiger partial charge in [-0.3, -0.25) is 0 Å². The van der Waals surface area contributed by atoms with Crippen LogP contribution in [0.5, 0.6) is 0 Å². The zero-order valence-electron chi connectivity index (χ0n) is 6.54. The predicted molar refractivity (Wildman–Crippen MR) is 55.8 cm³/mol. The molecule has 0 aliphatic heterocycles. The summed E-state index contributed by atoms with van der Waals surface area (Å²) >= 11 is 4.11. The van der Waals surface area contributed by atoms with E-state index in [9.17, 15) is 0 Å². The number of aromatic nitrogens is 1. The highest BCUT2D eigenvalue weighted by molar-refractivity contribution is 7.80. The Morgan fingerprint density at radius 3 is 3.00 bits per heavy atom. The minimum atomic E-state index is 0.655. The molecule has 12 heavy (non-hydrogen) atoms. The summed E-state index contributed by atoms with van der Waals surface area (Å²) in [5.74, 6) is 0.655. The van der Waals surface area contributed by atoms with E-state index in [-0.39, 0.29) is 0 Å². The number of para-hydroxylation sites is 1. The highest BCUT2D eigenvalue weighted by Gasteiger charge is 1.99. The third-order valence-electron chi connectivity index (χ3n) is 1.86. The van der Waals surface area contributed by atoms with Gasteiger partial charge in [-0.25, -0.2) is 0 Å². The summed E-state index contributed by atoms with van der Waals surface area (Å²) in [6.07, 6.45) is 1.96. The molecule has 0 aliphatic rings. The molecule has 0 saturated carbocycles. The van der Waals surface area contributed by atoms with Crippen molar-refractivity contribution in [2.45, 2.75) is 0 Å². The van der Waals surface area contributed by atoms with Crippen molar-refractivity contribution in [3.63, 3.8) is 0 Å². The van der Waals surface area contributed by atoms with Crippen molar-refractivity contribution in [2.75, 3.05) is 11.2 Å². The largest absolute Gasteiger partial charge is 0.375 e. The topological polar surface area (TPSA) is 27.8 Å². The zero-order chi connectivity index (χ0) is 8.39. The number of nitrogens with one attached hydrogen (secondary N) is 2. The molecule has 1 aromatic heterocycles. The number of anilines is 1. The van der Waals surface area contributed by atoms with Crippen LogP contribution in [-0.4, -0.2) is 10.9 Å². The van der Waals surface area contributed by atoms with Crippen molar-refractivity contribution >= 4 is 29.2 Å². The highest BCUT2D eigenvalue weighted by Crippen LogP contribution is 2.21. The standard InChI is InChI=1S/C9H10N2S/c12-6-11-9-5-10-8-4-2-1-3-7(8)9/h1-5,10-12H,6H2. The van der Waals surface area contributed by atoms with Crippen molar-refractivity contribution in [3.8, 4) is 0 Å². The number of hydrogen-bond donors (Lipinski definition) is 3. The molecule has 0 aliphatic carbocycles. The van der Waals surface area contributed by atoms with Gasteiger partial charge in [0.1, 0.15) is 0 Å². The lowest BCUT2D eigenvalue weighted by atomic mass is 10.2. The Labute approximate surface area is 76.4 Å². The normalized spacial score (nSPS) is 10.4. The summed E-state index contributed by atoms with van der Waals surface area (Å²) in [5, 5.41) is 4.38. The average molecular weight is 178 g/mol. The maximum atomic E-state index is 4.11. The summed E-state index contributed by atoms with van der Waals surface area (Å²) in [5.41, 5.74) is 2.27. The first-order valence-electron chi connectivity index (χ1n) is 3.82. The molecule has 0 saturated heterocycles. The maximum absolute atomic E-state index is 4.11. The van der Waals surface area contributed by atoms with E-state index in [4.69, 9.17) is 0 Å². The summed E-state index contributed by atoms with van der Waals surface area (Å²) in [7, 11) is 0. The fourth-order valence-corrected chi connectivity index (χ4v) is 1.47. The number of benzene rings is 1. The van der Waals surface area contributed by atoms with Crippen LogP contribution in [0.3, 0.4) is 0 Å². The molecule has 2 rings (SSSR count). The quantitative estimate of drug-likeness (QED) is 0.478. The molecule has 0 spiro atoms. The van der Waals surface area contributed by atoms with Gasteiger partial charge in [0.05, 0.1) is 11.6 Å². The van der Waals surface area contributed by atoms with Gasteiger partial charge in [-0.2, -0.15) is 12.6 Å². The number of aromatic amines is 1. The monoisotopic (exact) mass is 178 g/mol. The van der Waals surface area contributed by atoms with Crippen molar-refractivity contribution < 1.29 is 0 Å². The smallest absolute Gasteiger partial charge is 0.0604 e. The van der Waals surface area contributed by atoms with Gasteiger partial charge in [0, 0.05) is 17.1 Å². The number of fused-ring (bicyclic) bond motifs is 1. The van der Waals surface area contributed by atoms with Gasteiger partial charge in [-0.05, 0) is 6.07 Å². The van der Waals surface area contributed by atoms with Crippen LogP contribution in [0.15, 0.2) is 30.5 Å². The Morgan fingerprint density at radius 1 is 1.33 bits per heavy atom. The molecular formula is C9H10N2S. The van der Waals surface area contributed by atoms with E-state index in [0.717, 1.165) is 11.2 Å². The first kappa shape index (κ1) is 7.55. The van der Waals surface area contributed by atoms with Crippen LogP contribution in [0, 0.1) is 0 Å². The highest BCUT2D eigenvalue weighted by atomic mass is 32.1. The first-order valence-corrected chi connectivity index (χ1v) is 4.46. The number of hydrogen-bond acceptors (Lipinski definition) is 2. The Kier molecular flexibility index (Phi) is 1.96. The summed E-state index contributed by atoms with van der Waals surface area (Å²) in [4.78, 5) is 3.18. The lowest BCUT2D eigenvalue weighted by Crippen LogP contribution is -1.91. The second-order valence-electron chi connectivity index (χ2n) is 2.58. The fourth-order valence-electron chi connectivity index (χ4n) is 1.30. The predicted octanol–water partition coefficient (Wildman–Crippen LogP) is 2.47. The summed E-state index contributed by atoms with van der Waals surface area (Å²) < 4.78 is 0. The molecule has 0 bridgehead atoms. The van der Waals surface area contributed by atoms with Gasteiger partial charge in [0.2, 0.25) is 0 Å². The molecule has 0 unspecified atom stereocenters. The van der Waals surface area contributed by atoms with Crippen LogP contribution in [0.2, 0.25) is 0 Å². The molecule has 1 heterocycles. The minimum absolute atomic E-state index is 0.655. The van der Waals surface area contributed by atoms with Crippen molar-refractivity contribution in [2.24, 2.45) is 0 Å². The van der Waals surface area contributed by atoms with E-state index in [0.29, 0.717) is 5.88 Å². The van der Waals surface area contributed by atoms with Crippen LogP contribution >= 0.6 is 12.6 Å². The zero-order valence-corrected chi connectivity index (χ0v) is 7.44. The van der Waals surface area contributed by atoms with Crippen LogP contribution in [-0.2, 0) is 0 Å². The number of rotatable bonds is 2. The van der Waals surface area contributed by atoms with Gasteiger partial charge in [-0.15, -0.1) is 0 Å². The van der Waals surface area contributed by atoms with Crippen LogP contribution < -0.4 is 5.32 Å². The third kappa shape index (κ3) is 1.16. The van der Waals surface area contributed by atoms with Crippen LogP contribution in [0.1, 0.15) is 0 Å². The molecule has 2 N–H and O–H groups in total. The Hall–Kier alpha value is -1.09. The SMILES string of the molecule is SCNc1c[nH]c2ccccc12. The molecule has 0 atom stereocenters. The second-order valence-corrected chi connectivity index (χ2v) is 2.90. The summed E-state index contributed by atoms with van der Waals surface area (Å²) in [6, 6.07) is 8.18. The van der Waals surface area contributed by atoms with Crippen molar-refractivity contribution in [3.05, 3.63) is 30.5 Å². The van der Waals surface area contributed by atoms with Gasteiger partial charge in [0.25, 0.3) is 0 Å². The van der Waals surface area contributed by atoms with Gasteiger partial charge in [-0.1, -0.05) is 18.2 Å². The lowest BCUT2D eigenvalue weighted by Gasteiger charge is -1.97. The molecular weight excluding hydrogens is 168 g/mol. The molecule has 0 fully saturated rings. The van der Waals surface area contributed by atoms with E-state index in [1.165, 1.54) is 5.39 Å². The Morgan fingerprint density at radius 2 is 2.17 bits per heavy atom. The summed E-state index contributed by atoms with van der Waals surface area (Å²) in [6.45, 7) is 0. The van der Waals surface area contributed by atoms with Gasteiger partial charge in [0.15, 0.2) is 0 Å². The van der Waals surface area contributed by atoms with E-state index >= 15 is 0 Å². The lowest BCUT2D eigenvalue weighted by molar-refractivity contribution is 1.44. The van der Waals surface area contributed by atoms with Crippen molar-refractivity contribution in [1.29, 1.82) is 0 Å². The second kappa shape index (κ2) is 3.11. The van der Waals surface area contributed by atoms with Crippen LogP contribution in [0.25, 0.3) is 10.9 Å². The van der Waals surface area contributed by atoms with Crippen molar-refractivity contribution in [1.82, 2.24) is 4.98 Å². The Bertz CT molecular complexity index is 381.